The van der Waals surface area contributed by atoms with E-state index < -0.39 is 11.7 Å². The lowest BCUT2D eigenvalue weighted by molar-refractivity contribution is -0.114. The van der Waals surface area contributed by atoms with E-state index in [9.17, 15) is 14.3 Å². The van der Waals surface area contributed by atoms with Gasteiger partial charge in [-0.2, -0.15) is 0 Å². The molecular weight excluding hydrogens is 297 g/mol. The van der Waals surface area contributed by atoms with Gasteiger partial charge in [-0.3, -0.25) is 4.79 Å². The fraction of sp³-hybridized carbons (Fsp3) is 0.412. The van der Waals surface area contributed by atoms with Crippen molar-refractivity contribution in [3.63, 3.8) is 0 Å². The zero-order valence-corrected chi connectivity index (χ0v) is 14.1. The second kappa shape index (κ2) is 8.43. The van der Waals surface area contributed by atoms with Gasteiger partial charge < -0.3 is 20.3 Å². The van der Waals surface area contributed by atoms with E-state index in [0.29, 0.717) is 25.2 Å². The van der Waals surface area contributed by atoms with Gasteiger partial charge in [0.25, 0.3) is 5.91 Å². The van der Waals surface area contributed by atoms with Gasteiger partial charge in [0.15, 0.2) is 0 Å². The molecule has 0 atom stereocenters. The SMILES string of the molecule is CCC(=N)C(C(=O)N(CCN(C)C)c1cccc(F)c1)=C(C)O. The van der Waals surface area contributed by atoms with E-state index in [0.717, 1.165) is 0 Å². The van der Waals surface area contributed by atoms with Crippen molar-refractivity contribution in [2.24, 2.45) is 0 Å². The van der Waals surface area contributed by atoms with Crippen LogP contribution in [-0.4, -0.2) is 48.8 Å². The molecular formula is C17H24FN3O2. The first-order valence-electron chi connectivity index (χ1n) is 7.47. The van der Waals surface area contributed by atoms with Gasteiger partial charge in [0, 0.05) is 24.5 Å². The Bertz CT molecular complexity index is 608. The molecule has 0 aliphatic heterocycles. The number of likely N-dealkylation sites (N-methyl/N-ethyl adjacent to an activating group) is 1. The molecule has 0 aromatic heterocycles. The van der Waals surface area contributed by atoms with Crippen molar-refractivity contribution in [3.05, 3.63) is 41.4 Å². The Kier molecular flexibility index (Phi) is 6.90. The van der Waals surface area contributed by atoms with Crippen LogP contribution in [0.1, 0.15) is 20.3 Å². The van der Waals surface area contributed by atoms with E-state index >= 15 is 0 Å². The summed E-state index contributed by atoms with van der Waals surface area (Å²) in [6, 6.07) is 5.74. The van der Waals surface area contributed by atoms with Gasteiger partial charge in [-0.25, -0.2) is 4.39 Å². The van der Waals surface area contributed by atoms with Crippen LogP contribution in [0.2, 0.25) is 0 Å². The number of aliphatic hydroxyl groups excluding tert-OH is 1. The van der Waals surface area contributed by atoms with Gasteiger partial charge in [-0.15, -0.1) is 0 Å². The predicted molar refractivity (Wildman–Crippen MR) is 90.7 cm³/mol. The van der Waals surface area contributed by atoms with Crippen LogP contribution in [0, 0.1) is 11.2 Å². The highest BCUT2D eigenvalue weighted by Crippen LogP contribution is 2.20. The number of rotatable bonds is 7. The molecule has 0 unspecified atom stereocenters. The number of hydrogen-bond donors (Lipinski definition) is 2. The van der Waals surface area contributed by atoms with Crippen LogP contribution in [0.5, 0.6) is 0 Å². The summed E-state index contributed by atoms with van der Waals surface area (Å²) in [5.74, 6) is -1.14. The smallest absolute Gasteiger partial charge is 0.263 e. The van der Waals surface area contributed by atoms with Crippen LogP contribution < -0.4 is 4.90 Å². The van der Waals surface area contributed by atoms with E-state index in [1.54, 1.807) is 13.0 Å². The molecule has 1 aromatic rings. The Hall–Kier alpha value is -2.21. The molecule has 0 aliphatic carbocycles. The number of carbonyl (C=O) groups excluding carboxylic acids is 1. The Labute approximate surface area is 136 Å². The zero-order valence-electron chi connectivity index (χ0n) is 14.1. The van der Waals surface area contributed by atoms with Crippen LogP contribution in [0.4, 0.5) is 10.1 Å². The van der Waals surface area contributed by atoms with E-state index in [1.165, 1.54) is 30.0 Å². The molecule has 1 amide bonds. The maximum absolute atomic E-state index is 13.5. The summed E-state index contributed by atoms with van der Waals surface area (Å²) in [6.07, 6.45) is 0.323. The Morgan fingerprint density at radius 1 is 1.30 bits per heavy atom. The highest BCUT2D eigenvalue weighted by Gasteiger charge is 2.25. The second-order valence-electron chi connectivity index (χ2n) is 5.53. The number of amides is 1. The molecule has 0 bridgehead atoms. The minimum Gasteiger partial charge on any atom is -0.512 e. The molecule has 2 N–H and O–H groups in total. The fourth-order valence-electron chi connectivity index (χ4n) is 2.11. The molecule has 6 heteroatoms. The minimum atomic E-state index is -0.496. The number of hydrogen-bond acceptors (Lipinski definition) is 4. The third-order valence-corrected chi connectivity index (χ3v) is 3.37. The summed E-state index contributed by atoms with van der Waals surface area (Å²) in [4.78, 5) is 16.1. The normalized spacial score (nSPS) is 12.1. The largest absolute Gasteiger partial charge is 0.512 e. The van der Waals surface area contributed by atoms with E-state index in [4.69, 9.17) is 5.41 Å². The fourth-order valence-corrected chi connectivity index (χ4v) is 2.11. The van der Waals surface area contributed by atoms with Crippen molar-refractivity contribution < 1.29 is 14.3 Å². The molecule has 23 heavy (non-hydrogen) atoms. The number of aliphatic hydroxyl groups is 1. The number of allylic oxidation sites excluding steroid dienone is 1. The van der Waals surface area contributed by atoms with Gasteiger partial charge in [-0.1, -0.05) is 13.0 Å². The van der Waals surface area contributed by atoms with Crippen molar-refractivity contribution in [2.45, 2.75) is 20.3 Å². The molecule has 5 nitrogen and oxygen atoms in total. The Balaban J connectivity index is 3.25. The summed E-state index contributed by atoms with van der Waals surface area (Å²) >= 11 is 0. The minimum absolute atomic E-state index is 0.0319. The lowest BCUT2D eigenvalue weighted by Crippen LogP contribution is -2.39. The Morgan fingerprint density at radius 3 is 2.43 bits per heavy atom. The van der Waals surface area contributed by atoms with Gasteiger partial charge in [0.2, 0.25) is 0 Å². The van der Waals surface area contributed by atoms with E-state index in [-0.39, 0.29) is 17.0 Å². The van der Waals surface area contributed by atoms with Crippen LogP contribution in [0.3, 0.4) is 0 Å². The zero-order chi connectivity index (χ0) is 17.6. The molecule has 0 fully saturated rings. The molecule has 1 aromatic carbocycles. The number of benzene rings is 1. The van der Waals surface area contributed by atoms with Crippen molar-refractivity contribution in [2.75, 3.05) is 32.1 Å². The van der Waals surface area contributed by atoms with Crippen LogP contribution in [-0.2, 0) is 4.79 Å². The number of nitrogens with one attached hydrogen (secondary N) is 1. The lowest BCUT2D eigenvalue weighted by Gasteiger charge is -2.26. The van der Waals surface area contributed by atoms with E-state index in [2.05, 4.69) is 0 Å². The second-order valence-corrected chi connectivity index (χ2v) is 5.53. The first kappa shape index (κ1) is 18.8. The van der Waals surface area contributed by atoms with Gasteiger partial charge in [0.05, 0.1) is 5.57 Å². The number of anilines is 1. The van der Waals surface area contributed by atoms with Crippen molar-refractivity contribution in [1.29, 1.82) is 5.41 Å². The summed E-state index contributed by atoms with van der Waals surface area (Å²) < 4.78 is 13.5. The molecule has 0 saturated carbocycles. The maximum Gasteiger partial charge on any atom is 0.263 e. The third kappa shape index (κ3) is 5.17. The molecule has 0 aliphatic rings. The summed E-state index contributed by atoms with van der Waals surface area (Å²) in [5, 5.41) is 17.7. The van der Waals surface area contributed by atoms with Gasteiger partial charge >= 0.3 is 0 Å². The quantitative estimate of drug-likeness (QED) is 0.461. The number of carbonyl (C=O) groups is 1. The third-order valence-electron chi connectivity index (χ3n) is 3.37. The number of nitrogens with zero attached hydrogens (tertiary/aromatic N) is 2. The van der Waals surface area contributed by atoms with E-state index in [1.807, 2.05) is 19.0 Å². The standard InChI is InChI=1S/C17H24FN3O2/c1-5-15(19)16(12(2)22)17(23)21(10-9-20(3)4)14-8-6-7-13(18)11-14/h6-8,11,19,22H,5,9-10H2,1-4H3. The van der Waals surface area contributed by atoms with Crippen LogP contribution >= 0.6 is 0 Å². The highest BCUT2D eigenvalue weighted by atomic mass is 19.1. The average Bonchev–Trinajstić information content (AvgIpc) is 2.46. The molecule has 1 rings (SSSR count). The van der Waals surface area contributed by atoms with Crippen molar-refractivity contribution in [1.82, 2.24) is 4.90 Å². The first-order chi connectivity index (χ1) is 10.8. The first-order valence-corrected chi connectivity index (χ1v) is 7.47. The molecule has 0 radical (unpaired) electrons. The van der Waals surface area contributed by atoms with Crippen molar-refractivity contribution >= 4 is 17.3 Å². The summed E-state index contributed by atoms with van der Waals surface area (Å²) in [6.45, 7) is 4.01. The molecule has 0 saturated heterocycles. The van der Waals surface area contributed by atoms with Gasteiger partial charge in [-0.05, 0) is 45.6 Å². The highest BCUT2D eigenvalue weighted by molar-refractivity contribution is 6.25. The predicted octanol–water partition coefficient (Wildman–Crippen LogP) is 2.98. The van der Waals surface area contributed by atoms with Crippen molar-refractivity contribution in [3.8, 4) is 0 Å². The number of halogens is 1. The van der Waals surface area contributed by atoms with Crippen LogP contribution in [0.15, 0.2) is 35.6 Å². The molecule has 0 spiro atoms. The average molecular weight is 321 g/mol. The monoisotopic (exact) mass is 321 g/mol. The summed E-state index contributed by atoms with van der Waals surface area (Å²) in [5.41, 5.74) is 0.427. The summed E-state index contributed by atoms with van der Waals surface area (Å²) in [7, 11) is 3.74. The lowest BCUT2D eigenvalue weighted by atomic mass is 10.1. The maximum atomic E-state index is 13.5. The Morgan fingerprint density at radius 2 is 1.96 bits per heavy atom. The van der Waals surface area contributed by atoms with Crippen LogP contribution in [0.25, 0.3) is 0 Å². The van der Waals surface area contributed by atoms with Gasteiger partial charge in [0.1, 0.15) is 11.6 Å². The molecule has 0 heterocycles. The molecule has 126 valence electrons. The topological polar surface area (TPSA) is 67.6 Å².